The van der Waals surface area contributed by atoms with Crippen molar-refractivity contribution < 1.29 is 9.59 Å². The van der Waals surface area contributed by atoms with Crippen molar-refractivity contribution >= 4 is 11.8 Å². The number of nitrogens with zero attached hydrogens (tertiary/aromatic N) is 6. The number of aryl methyl sites for hydroxylation is 1. The lowest BCUT2D eigenvalue weighted by atomic mass is 10.0. The van der Waals surface area contributed by atoms with Crippen LogP contribution in [0.2, 0.25) is 0 Å². The first-order chi connectivity index (χ1) is 25.1. The summed E-state index contributed by atoms with van der Waals surface area (Å²) in [4.78, 5) is 47.9. The van der Waals surface area contributed by atoms with Crippen LogP contribution in [0.15, 0.2) is 116 Å². The molecule has 3 heterocycles. The third-order valence-corrected chi connectivity index (χ3v) is 9.05. The summed E-state index contributed by atoms with van der Waals surface area (Å²) in [5.41, 5.74) is 10.1. The van der Waals surface area contributed by atoms with Gasteiger partial charge in [0, 0.05) is 29.3 Å². The molecule has 6 aromatic rings. The topological polar surface area (TPSA) is 124 Å². The number of aromatic nitrogens is 5. The van der Waals surface area contributed by atoms with Crippen LogP contribution in [-0.2, 0) is 16.0 Å². The third kappa shape index (κ3) is 7.85. The predicted molar refractivity (Wildman–Crippen MR) is 205 cm³/mol. The molecule has 0 saturated heterocycles. The number of aromatic amines is 1. The summed E-state index contributed by atoms with van der Waals surface area (Å²) in [7, 11) is 7.59. The summed E-state index contributed by atoms with van der Waals surface area (Å²) in [6.07, 6.45) is 6.02. The summed E-state index contributed by atoms with van der Waals surface area (Å²) in [5.74, 6) is 1.18. The molecule has 2 amide bonds. The van der Waals surface area contributed by atoms with Gasteiger partial charge in [-0.3, -0.25) is 29.8 Å². The van der Waals surface area contributed by atoms with E-state index in [1.54, 1.807) is 17.1 Å². The van der Waals surface area contributed by atoms with Gasteiger partial charge in [-0.1, -0.05) is 91.9 Å². The number of hydrogen-bond acceptors (Lipinski definition) is 7. The molecule has 0 saturated carbocycles. The second kappa shape index (κ2) is 16.0. The number of likely N-dealkylation sites (N-methyl/N-ethyl adjacent to an activating group) is 2. The second-order valence-electron chi connectivity index (χ2n) is 13.2. The van der Waals surface area contributed by atoms with Crippen molar-refractivity contribution in [3.05, 3.63) is 138 Å². The van der Waals surface area contributed by atoms with Gasteiger partial charge in [0.1, 0.15) is 23.7 Å². The highest BCUT2D eigenvalue weighted by molar-refractivity contribution is 5.90. The zero-order valence-electron chi connectivity index (χ0n) is 30.4. The highest BCUT2D eigenvalue weighted by Gasteiger charge is 2.26. The number of imidazole rings is 2. The van der Waals surface area contributed by atoms with Crippen molar-refractivity contribution in [2.45, 2.75) is 38.4 Å². The molecule has 3 atom stereocenters. The quantitative estimate of drug-likeness (QED) is 0.127. The van der Waals surface area contributed by atoms with Crippen LogP contribution in [0.3, 0.4) is 0 Å². The smallest absolute Gasteiger partial charge is 0.260 e. The van der Waals surface area contributed by atoms with Crippen LogP contribution in [0.1, 0.15) is 54.7 Å². The van der Waals surface area contributed by atoms with Crippen LogP contribution >= 0.6 is 0 Å². The molecule has 3 N–H and O–H groups in total. The Kier molecular flexibility index (Phi) is 11.0. The number of carbonyl (C=O) groups is 2. The van der Waals surface area contributed by atoms with Gasteiger partial charge < -0.3 is 10.3 Å². The van der Waals surface area contributed by atoms with Gasteiger partial charge in [0.05, 0.1) is 35.5 Å². The Morgan fingerprint density at radius 2 is 1.27 bits per heavy atom. The van der Waals surface area contributed by atoms with Crippen LogP contribution in [0.4, 0.5) is 0 Å². The number of hydrogen-bond donors (Lipinski definition) is 3. The highest BCUT2D eigenvalue weighted by atomic mass is 16.2. The minimum atomic E-state index is -0.462. The number of benzene rings is 3. The molecule has 52 heavy (non-hydrogen) atoms. The second-order valence-corrected chi connectivity index (χ2v) is 13.2. The van der Waals surface area contributed by atoms with E-state index in [0.29, 0.717) is 12.2 Å². The van der Waals surface area contributed by atoms with Crippen molar-refractivity contribution in [1.82, 2.24) is 39.7 Å². The number of pyridine rings is 1. The van der Waals surface area contributed by atoms with E-state index in [4.69, 9.17) is 4.98 Å². The molecule has 1 unspecified atom stereocenters. The lowest BCUT2D eigenvalue weighted by molar-refractivity contribution is -0.126. The van der Waals surface area contributed by atoms with Gasteiger partial charge in [-0.05, 0) is 58.4 Å². The molecule has 0 radical (unpaired) electrons. The van der Waals surface area contributed by atoms with Crippen LogP contribution in [0, 0.1) is 0 Å². The average molecular weight is 696 g/mol. The zero-order valence-corrected chi connectivity index (χ0v) is 30.4. The van der Waals surface area contributed by atoms with E-state index in [9.17, 15) is 9.59 Å². The molecule has 3 aromatic carbocycles. The lowest BCUT2D eigenvalue weighted by Gasteiger charge is -2.25. The summed E-state index contributed by atoms with van der Waals surface area (Å²) in [6.45, 7) is 3.93. The summed E-state index contributed by atoms with van der Waals surface area (Å²) >= 11 is 0. The standard InChI is InChI=1S/C41H45N9O2/c1-7-36-43-26-35(50(36)47-41(52)38(49(5)6)31-16-12-9-13-17-31)29-20-18-28(19-21-29)33-23-22-32(24-42-33)34-25-44-39(46-34)27(2)45-40(51)37(48(3)4)30-14-10-8-11-15-30/h8-27,37-38H,7H2,1-6H3,(H,44,46)(H,45,51)(H,47,52)/t27-,37+,38?/m0/s1. The molecule has 0 aliphatic carbocycles. The van der Waals surface area contributed by atoms with Crippen LogP contribution < -0.4 is 10.7 Å². The Hall–Kier alpha value is -5.91. The van der Waals surface area contributed by atoms with Gasteiger partial charge >= 0.3 is 0 Å². The first kappa shape index (κ1) is 35.9. The fourth-order valence-corrected chi connectivity index (χ4v) is 6.38. The molecular formula is C41H45N9O2. The monoisotopic (exact) mass is 695 g/mol. The average Bonchev–Trinajstić information content (AvgIpc) is 3.80. The largest absolute Gasteiger partial charge is 0.345 e. The van der Waals surface area contributed by atoms with E-state index in [2.05, 4.69) is 25.7 Å². The minimum Gasteiger partial charge on any atom is -0.345 e. The first-order valence-corrected chi connectivity index (χ1v) is 17.4. The van der Waals surface area contributed by atoms with E-state index in [1.807, 2.05) is 155 Å². The zero-order chi connectivity index (χ0) is 36.8. The Morgan fingerprint density at radius 1 is 0.692 bits per heavy atom. The number of rotatable bonds is 13. The minimum absolute atomic E-state index is 0.0975. The maximum absolute atomic E-state index is 13.6. The first-order valence-electron chi connectivity index (χ1n) is 17.4. The summed E-state index contributed by atoms with van der Waals surface area (Å²) < 4.78 is 1.79. The van der Waals surface area contributed by atoms with Crippen molar-refractivity contribution in [2.24, 2.45) is 0 Å². The summed E-state index contributed by atoms with van der Waals surface area (Å²) in [6, 6.07) is 30.3. The fraction of sp³-hybridized carbons (Fsp3) is 0.244. The van der Waals surface area contributed by atoms with Crippen LogP contribution in [0.25, 0.3) is 33.8 Å². The van der Waals surface area contributed by atoms with E-state index < -0.39 is 12.1 Å². The van der Waals surface area contributed by atoms with Gasteiger partial charge in [-0.2, -0.15) is 0 Å². The van der Waals surface area contributed by atoms with Gasteiger partial charge in [-0.15, -0.1) is 0 Å². The predicted octanol–water partition coefficient (Wildman–Crippen LogP) is 6.42. The molecule has 11 heteroatoms. The number of nitrogens with one attached hydrogen (secondary N) is 3. The normalized spacial score (nSPS) is 13.2. The van der Waals surface area contributed by atoms with Gasteiger partial charge in [0.15, 0.2) is 0 Å². The number of H-pyrrole nitrogens is 1. The lowest BCUT2D eigenvalue weighted by Crippen LogP contribution is -2.38. The molecular weight excluding hydrogens is 651 g/mol. The van der Waals surface area contributed by atoms with E-state index in [-0.39, 0.29) is 17.9 Å². The van der Waals surface area contributed by atoms with Gasteiger partial charge in [0.25, 0.3) is 5.91 Å². The van der Waals surface area contributed by atoms with Gasteiger partial charge in [-0.25, -0.2) is 14.6 Å². The molecule has 3 aromatic heterocycles. The van der Waals surface area contributed by atoms with Crippen LogP contribution in [-0.4, -0.2) is 74.4 Å². The molecule has 0 aliphatic rings. The van der Waals surface area contributed by atoms with E-state index in [0.717, 1.165) is 50.7 Å². The number of carbonyl (C=O) groups excluding carboxylic acids is 2. The molecule has 11 nitrogen and oxygen atoms in total. The Bertz CT molecular complexity index is 2090. The SMILES string of the molecule is CCc1ncc(-c2ccc(-c3ccc(-c4cnc([C@H](C)NC(=O)[C@@H](c5ccccc5)N(C)C)[nH]4)cn3)cc2)n1NC(=O)C(c1ccccc1)N(C)C. The van der Waals surface area contributed by atoms with E-state index >= 15 is 0 Å². The Morgan fingerprint density at radius 3 is 1.83 bits per heavy atom. The summed E-state index contributed by atoms with van der Waals surface area (Å²) in [5, 5.41) is 3.10. The Labute approximate surface area is 304 Å². The highest BCUT2D eigenvalue weighted by Crippen LogP contribution is 2.28. The van der Waals surface area contributed by atoms with E-state index in [1.165, 1.54) is 0 Å². The van der Waals surface area contributed by atoms with Crippen molar-refractivity contribution in [1.29, 1.82) is 0 Å². The third-order valence-electron chi connectivity index (χ3n) is 9.05. The van der Waals surface area contributed by atoms with Gasteiger partial charge in [0.2, 0.25) is 5.91 Å². The van der Waals surface area contributed by atoms with Crippen molar-refractivity contribution in [3.8, 4) is 33.8 Å². The maximum Gasteiger partial charge on any atom is 0.260 e. The molecule has 0 aliphatic heterocycles. The fourth-order valence-electron chi connectivity index (χ4n) is 6.38. The number of amides is 2. The van der Waals surface area contributed by atoms with Crippen molar-refractivity contribution in [3.63, 3.8) is 0 Å². The molecule has 0 bridgehead atoms. The molecule has 0 fully saturated rings. The molecule has 6 rings (SSSR count). The van der Waals surface area contributed by atoms with Crippen LogP contribution in [0.5, 0.6) is 0 Å². The molecule has 266 valence electrons. The molecule has 0 spiro atoms. The van der Waals surface area contributed by atoms with Crippen molar-refractivity contribution in [2.75, 3.05) is 33.6 Å². The maximum atomic E-state index is 13.6. The Balaban J connectivity index is 1.14.